The topological polar surface area (TPSA) is 38.4 Å². The average molecular weight is 209 g/mol. The summed E-state index contributed by atoms with van der Waals surface area (Å²) in [6, 6.07) is 4.82. The number of hydrogen-bond acceptors (Lipinski definition) is 2. The standard InChI is InChI=1S/C12H17O3/c1-3-7-14-10-5-6-11(13)12(9-10)15-8-4-2/h5-6,9H,3-4,7-8H2,1-2H3. The molecule has 0 unspecified atom stereocenters. The Bertz CT molecular complexity index is 297. The summed E-state index contributed by atoms with van der Waals surface area (Å²) in [5, 5.41) is 11.4. The van der Waals surface area contributed by atoms with Crippen molar-refractivity contribution < 1.29 is 14.6 Å². The van der Waals surface area contributed by atoms with Crippen LogP contribution >= 0.6 is 0 Å². The van der Waals surface area contributed by atoms with Gasteiger partial charge in [-0.15, -0.1) is 0 Å². The zero-order valence-corrected chi connectivity index (χ0v) is 9.29. The van der Waals surface area contributed by atoms with Crippen LogP contribution in [0.4, 0.5) is 0 Å². The summed E-state index contributed by atoms with van der Waals surface area (Å²) in [6.07, 6.45) is 1.84. The largest absolute Gasteiger partial charge is 0.493 e. The van der Waals surface area contributed by atoms with Gasteiger partial charge in [0.1, 0.15) is 5.75 Å². The molecule has 0 saturated heterocycles. The van der Waals surface area contributed by atoms with Gasteiger partial charge in [0.2, 0.25) is 5.75 Å². The van der Waals surface area contributed by atoms with Gasteiger partial charge in [-0.3, -0.25) is 5.11 Å². The molecular formula is C12H17O3. The summed E-state index contributed by atoms with van der Waals surface area (Å²) in [4.78, 5) is 0. The predicted octanol–water partition coefficient (Wildman–Crippen LogP) is 3.41. The van der Waals surface area contributed by atoms with Crippen LogP contribution in [0.3, 0.4) is 0 Å². The maximum Gasteiger partial charge on any atom is 0.220 e. The Hall–Kier alpha value is -1.38. The number of ether oxygens (including phenoxy) is 2. The molecule has 15 heavy (non-hydrogen) atoms. The fourth-order valence-corrected chi connectivity index (χ4v) is 1.12. The molecule has 3 heteroatoms. The Morgan fingerprint density at radius 1 is 1.07 bits per heavy atom. The van der Waals surface area contributed by atoms with Crippen LogP contribution < -0.4 is 9.47 Å². The first kappa shape index (κ1) is 11.7. The van der Waals surface area contributed by atoms with E-state index in [1.54, 1.807) is 12.1 Å². The Morgan fingerprint density at radius 2 is 1.73 bits per heavy atom. The fraction of sp³-hybridized carbons (Fsp3) is 0.500. The van der Waals surface area contributed by atoms with Crippen LogP contribution in [-0.4, -0.2) is 13.2 Å². The second kappa shape index (κ2) is 6.17. The molecule has 0 fully saturated rings. The highest BCUT2D eigenvalue weighted by molar-refractivity contribution is 5.44. The minimum absolute atomic E-state index is 0.0905. The lowest BCUT2D eigenvalue weighted by Gasteiger charge is -2.08. The highest BCUT2D eigenvalue weighted by atomic mass is 16.5. The molecule has 0 amide bonds. The van der Waals surface area contributed by atoms with Gasteiger partial charge in [-0.25, -0.2) is 0 Å². The van der Waals surface area contributed by atoms with Gasteiger partial charge in [-0.05, 0) is 25.0 Å². The van der Waals surface area contributed by atoms with E-state index in [0.717, 1.165) is 12.8 Å². The Balaban J connectivity index is 2.66. The molecule has 0 atom stereocenters. The summed E-state index contributed by atoms with van der Waals surface area (Å²) in [5.74, 6) is 0.986. The minimum atomic E-state index is -0.0905. The first-order chi connectivity index (χ1) is 7.27. The molecule has 0 heterocycles. The van der Waals surface area contributed by atoms with Gasteiger partial charge in [0.05, 0.1) is 13.2 Å². The Labute approximate surface area is 90.6 Å². The van der Waals surface area contributed by atoms with Crippen molar-refractivity contribution >= 4 is 0 Å². The second-order valence-electron chi connectivity index (χ2n) is 3.31. The van der Waals surface area contributed by atoms with Crippen LogP contribution in [0.15, 0.2) is 18.2 Å². The summed E-state index contributed by atoms with van der Waals surface area (Å²) in [7, 11) is 0. The molecule has 0 N–H and O–H groups in total. The number of rotatable bonds is 6. The van der Waals surface area contributed by atoms with Crippen LogP contribution in [-0.2, 0) is 5.11 Å². The van der Waals surface area contributed by atoms with E-state index in [9.17, 15) is 5.11 Å². The third kappa shape index (κ3) is 3.70. The van der Waals surface area contributed by atoms with E-state index in [0.29, 0.717) is 24.7 Å². The van der Waals surface area contributed by atoms with Gasteiger partial charge in [-0.1, -0.05) is 13.8 Å². The van der Waals surface area contributed by atoms with E-state index in [4.69, 9.17) is 9.47 Å². The molecule has 83 valence electrons. The SMILES string of the molecule is CCCOc1ccc([O])c(OCCC)c1. The Morgan fingerprint density at radius 3 is 2.40 bits per heavy atom. The molecule has 1 aromatic rings. The molecule has 0 spiro atoms. The van der Waals surface area contributed by atoms with Crippen LogP contribution in [0.25, 0.3) is 0 Å². The first-order valence-electron chi connectivity index (χ1n) is 5.34. The van der Waals surface area contributed by atoms with Crippen molar-refractivity contribution in [3.63, 3.8) is 0 Å². The van der Waals surface area contributed by atoms with Gasteiger partial charge in [0.25, 0.3) is 0 Å². The average Bonchev–Trinajstić information content (AvgIpc) is 2.26. The van der Waals surface area contributed by atoms with E-state index in [2.05, 4.69) is 0 Å². The van der Waals surface area contributed by atoms with Gasteiger partial charge >= 0.3 is 0 Å². The normalized spacial score (nSPS) is 10.0. The molecule has 0 aliphatic rings. The molecule has 1 radical (unpaired) electrons. The molecule has 0 saturated carbocycles. The highest BCUT2D eigenvalue weighted by Gasteiger charge is 2.05. The quantitative estimate of drug-likeness (QED) is 0.720. The third-order valence-electron chi connectivity index (χ3n) is 1.85. The van der Waals surface area contributed by atoms with Gasteiger partial charge in [-0.2, -0.15) is 0 Å². The maximum absolute atomic E-state index is 11.4. The van der Waals surface area contributed by atoms with Crippen LogP contribution in [0.5, 0.6) is 17.2 Å². The van der Waals surface area contributed by atoms with Crippen molar-refractivity contribution in [2.45, 2.75) is 26.7 Å². The lowest BCUT2D eigenvalue weighted by molar-refractivity contribution is 0.270. The van der Waals surface area contributed by atoms with E-state index >= 15 is 0 Å². The Kier molecular flexibility index (Phi) is 4.81. The predicted molar refractivity (Wildman–Crippen MR) is 58.1 cm³/mol. The van der Waals surface area contributed by atoms with E-state index in [1.807, 2.05) is 13.8 Å². The maximum atomic E-state index is 11.4. The van der Waals surface area contributed by atoms with E-state index in [1.165, 1.54) is 6.07 Å². The highest BCUT2D eigenvalue weighted by Crippen LogP contribution is 2.30. The summed E-state index contributed by atoms with van der Waals surface area (Å²) < 4.78 is 10.7. The van der Waals surface area contributed by atoms with E-state index in [-0.39, 0.29) is 5.75 Å². The number of benzene rings is 1. The molecule has 0 aliphatic heterocycles. The monoisotopic (exact) mass is 209 g/mol. The first-order valence-corrected chi connectivity index (χ1v) is 5.34. The zero-order chi connectivity index (χ0) is 11.1. The molecule has 0 aromatic heterocycles. The lowest BCUT2D eigenvalue weighted by Crippen LogP contribution is -1.98. The molecule has 3 nitrogen and oxygen atoms in total. The van der Waals surface area contributed by atoms with Crippen LogP contribution in [0.2, 0.25) is 0 Å². The van der Waals surface area contributed by atoms with Gasteiger partial charge < -0.3 is 9.47 Å². The lowest BCUT2D eigenvalue weighted by atomic mass is 10.3. The molecular weight excluding hydrogens is 192 g/mol. The molecule has 0 bridgehead atoms. The third-order valence-corrected chi connectivity index (χ3v) is 1.85. The zero-order valence-electron chi connectivity index (χ0n) is 9.29. The smallest absolute Gasteiger partial charge is 0.220 e. The van der Waals surface area contributed by atoms with E-state index < -0.39 is 0 Å². The van der Waals surface area contributed by atoms with Crippen LogP contribution in [0, 0.1) is 0 Å². The minimum Gasteiger partial charge on any atom is -0.493 e. The van der Waals surface area contributed by atoms with Crippen molar-refractivity contribution in [1.29, 1.82) is 0 Å². The summed E-state index contributed by atoms with van der Waals surface area (Å²) in [5.41, 5.74) is 0. The van der Waals surface area contributed by atoms with Crippen molar-refractivity contribution in [3.05, 3.63) is 18.2 Å². The van der Waals surface area contributed by atoms with Crippen molar-refractivity contribution in [3.8, 4) is 17.2 Å². The molecule has 1 rings (SSSR count). The summed E-state index contributed by atoms with van der Waals surface area (Å²) in [6.45, 7) is 5.26. The van der Waals surface area contributed by atoms with Crippen molar-refractivity contribution in [1.82, 2.24) is 0 Å². The van der Waals surface area contributed by atoms with Crippen molar-refractivity contribution in [2.75, 3.05) is 13.2 Å². The number of hydrogen-bond donors (Lipinski definition) is 0. The van der Waals surface area contributed by atoms with Gasteiger partial charge in [0, 0.05) is 6.07 Å². The fourth-order valence-electron chi connectivity index (χ4n) is 1.12. The van der Waals surface area contributed by atoms with Crippen molar-refractivity contribution in [2.24, 2.45) is 0 Å². The van der Waals surface area contributed by atoms with Gasteiger partial charge in [0.15, 0.2) is 5.75 Å². The molecule has 1 aromatic carbocycles. The van der Waals surface area contributed by atoms with Crippen LogP contribution in [0.1, 0.15) is 26.7 Å². The second-order valence-corrected chi connectivity index (χ2v) is 3.31. The molecule has 0 aliphatic carbocycles. The summed E-state index contributed by atoms with van der Waals surface area (Å²) >= 11 is 0.